The van der Waals surface area contributed by atoms with E-state index in [1.165, 1.54) is 23.2 Å². The van der Waals surface area contributed by atoms with Gasteiger partial charge in [0, 0.05) is 26.1 Å². The monoisotopic (exact) mass is 429 g/mol. The quantitative estimate of drug-likeness (QED) is 0.468. The maximum absolute atomic E-state index is 13.1. The Hall–Kier alpha value is -2.63. The molecule has 1 saturated carbocycles. The Labute approximate surface area is 164 Å². The molecule has 1 aliphatic carbocycles. The van der Waals surface area contributed by atoms with Crippen molar-refractivity contribution >= 4 is 20.9 Å². The number of sulfone groups is 1. The lowest BCUT2D eigenvalue weighted by molar-refractivity contribution is -0.627. The smallest absolute Gasteiger partial charge is 0.478 e. The van der Waals surface area contributed by atoms with Crippen molar-refractivity contribution in [3.63, 3.8) is 0 Å². The third-order valence-corrected chi connectivity index (χ3v) is 6.91. The summed E-state index contributed by atoms with van der Waals surface area (Å²) in [5, 5.41) is 16.2. The minimum atomic E-state index is -4.84. The van der Waals surface area contributed by atoms with Gasteiger partial charge in [-0.3, -0.25) is 4.68 Å². The van der Waals surface area contributed by atoms with Crippen molar-refractivity contribution in [1.82, 2.24) is 19.3 Å². The Bertz CT molecular complexity index is 1240. The second kappa shape index (κ2) is 6.18. The lowest BCUT2D eigenvalue weighted by atomic mass is 10.2. The van der Waals surface area contributed by atoms with Gasteiger partial charge in [-0.15, -0.1) is 0 Å². The topological polar surface area (TPSA) is 96.7 Å². The van der Waals surface area contributed by atoms with E-state index < -0.39 is 21.7 Å². The Morgan fingerprint density at radius 3 is 2.52 bits per heavy atom. The SMILES string of the molecule is CCS(=O)(=O)c1c(-c2nc3cc(C(F)(F)F)[n+]([O-])cc3n2C)nn(C)c1C1CC1. The number of hydrogen-bond donors (Lipinski definition) is 0. The standard InChI is InChI=1S/C17H18F3N5O3S/c1-4-29(27,28)15-13(22-24(3)14(15)9-5-6-9)16-21-10-7-12(17(18,19)20)25(26)8-11(10)23(16)2/h7-9H,4-6H2,1-3H3. The lowest BCUT2D eigenvalue weighted by Gasteiger charge is -2.07. The summed E-state index contributed by atoms with van der Waals surface area (Å²) in [5.41, 5.74) is -0.651. The molecule has 0 N–H and O–H groups in total. The van der Waals surface area contributed by atoms with E-state index >= 15 is 0 Å². The van der Waals surface area contributed by atoms with E-state index in [0.29, 0.717) is 11.8 Å². The van der Waals surface area contributed by atoms with Gasteiger partial charge in [0.1, 0.15) is 21.6 Å². The van der Waals surface area contributed by atoms with Crippen LogP contribution < -0.4 is 4.73 Å². The highest BCUT2D eigenvalue weighted by atomic mass is 32.2. The summed E-state index contributed by atoms with van der Waals surface area (Å²) in [5.74, 6) is 0.0236. The van der Waals surface area contributed by atoms with Crippen molar-refractivity contribution in [1.29, 1.82) is 0 Å². The molecule has 8 nitrogen and oxygen atoms in total. The number of aromatic nitrogens is 5. The molecule has 12 heteroatoms. The van der Waals surface area contributed by atoms with Gasteiger partial charge in [-0.05, 0) is 12.8 Å². The molecule has 0 aromatic carbocycles. The zero-order valence-electron chi connectivity index (χ0n) is 15.9. The molecule has 0 saturated heterocycles. The molecule has 0 bridgehead atoms. The average molecular weight is 429 g/mol. The summed E-state index contributed by atoms with van der Waals surface area (Å²) in [6, 6.07) is 0.657. The fraction of sp³-hybridized carbons (Fsp3) is 0.471. The van der Waals surface area contributed by atoms with Crippen molar-refractivity contribution in [2.24, 2.45) is 14.1 Å². The molecule has 0 atom stereocenters. The highest BCUT2D eigenvalue weighted by molar-refractivity contribution is 7.91. The highest BCUT2D eigenvalue weighted by Gasteiger charge is 2.41. The van der Waals surface area contributed by atoms with E-state index in [1.807, 2.05) is 0 Å². The summed E-state index contributed by atoms with van der Waals surface area (Å²) in [7, 11) is -0.523. The maximum Gasteiger partial charge on any atom is 0.478 e. The molecule has 3 heterocycles. The average Bonchev–Trinajstić information content (AvgIpc) is 3.33. The molecule has 0 spiro atoms. The van der Waals surface area contributed by atoms with Crippen molar-refractivity contribution in [3.05, 3.63) is 28.9 Å². The third kappa shape index (κ3) is 3.05. The van der Waals surface area contributed by atoms with E-state index in [2.05, 4.69) is 10.1 Å². The normalized spacial score (nSPS) is 15.4. The van der Waals surface area contributed by atoms with Gasteiger partial charge in [-0.2, -0.15) is 23.0 Å². The summed E-state index contributed by atoms with van der Waals surface area (Å²) < 4.78 is 67.5. The van der Waals surface area contributed by atoms with Crippen LogP contribution in [0.5, 0.6) is 0 Å². The molecule has 0 unspecified atom stereocenters. The van der Waals surface area contributed by atoms with Gasteiger partial charge < -0.3 is 9.77 Å². The largest absolute Gasteiger partial charge is 0.618 e. The van der Waals surface area contributed by atoms with Gasteiger partial charge in [0.25, 0.3) is 0 Å². The zero-order valence-corrected chi connectivity index (χ0v) is 16.7. The molecule has 156 valence electrons. The molecule has 3 aromatic rings. The van der Waals surface area contributed by atoms with Crippen LogP contribution >= 0.6 is 0 Å². The van der Waals surface area contributed by atoms with Gasteiger partial charge in [-0.1, -0.05) is 6.92 Å². The maximum atomic E-state index is 13.1. The van der Waals surface area contributed by atoms with Crippen LogP contribution in [0.3, 0.4) is 0 Å². The Morgan fingerprint density at radius 1 is 1.31 bits per heavy atom. The highest BCUT2D eigenvalue weighted by Crippen LogP contribution is 2.45. The van der Waals surface area contributed by atoms with Crippen LogP contribution in [0.15, 0.2) is 17.2 Å². The van der Waals surface area contributed by atoms with Crippen molar-refractivity contribution in [3.8, 4) is 11.5 Å². The van der Waals surface area contributed by atoms with Crippen LogP contribution in [0, 0.1) is 5.21 Å². The van der Waals surface area contributed by atoms with Gasteiger partial charge in [-0.25, -0.2) is 13.4 Å². The van der Waals surface area contributed by atoms with Gasteiger partial charge >= 0.3 is 11.9 Å². The first-order chi connectivity index (χ1) is 13.5. The lowest BCUT2D eigenvalue weighted by Crippen LogP contribution is -2.36. The Morgan fingerprint density at radius 2 is 1.97 bits per heavy atom. The summed E-state index contributed by atoms with van der Waals surface area (Å²) in [6.07, 6.45) is -2.36. The molecule has 0 amide bonds. The number of halogens is 3. The van der Waals surface area contributed by atoms with Crippen LogP contribution in [-0.2, 0) is 30.1 Å². The summed E-state index contributed by atoms with van der Waals surface area (Å²) in [6.45, 7) is 1.52. The molecule has 4 rings (SSSR count). The van der Waals surface area contributed by atoms with Gasteiger partial charge in [0.05, 0.1) is 11.4 Å². The van der Waals surface area contributed by atoms with Crippen LogP contribution in [0.1, 0.15) is 37.1 Å². The number of nitrogens with zero attached hydrogens (tertiary/aromatic N) is 5. The van der Waals surface area contributed by atoms with Crippen molar-refractivity contribution in [2.75, 3.05) is 5.75 Å². The Balaban J connectivity index is 2.01. The van der Waals surface area contributed by atoms with E-state index in [0.717, 1.165) is 19.0 Å². The molecule has 0 aliphatic heterocycles. The third-order valence-electron chi connectivity index (χ3n) is 5.12. The van der Waals surface area contributed by atoms with E-state index in [4.69, 9.17) is 0 Å². The molecule has 1 aliphatic rings. The van der Waals surface area contributed by atoms with Crippen LogP contribution in [-0.4, -0.2) is 33.5 Å². The zero-order chi connectivity index (χ0) is 21.3. The van der Waals surface area contributed by atoms with Crippen LogP contribution in [0.4, 0.5) is 13.2 Å². The summed E-state index contributed by atoms with van der Waals surface area (Å²) >= 11 is 0. The first-order valence-electron chi connectivity index (χ1n) is 8.92. The number of pyridine rings is 1. The minimum Gasteiger partial charge on any atom is -0.618 e. The first-order valence-corrected chi connectivity index (χ1v) is 10.6. The van der Waals surface area contributed by atoms with E-state index in [9.17, 15) is 26.8 Å². The van der Waals surface area contributed by atoms with Crippen LogP contribution in [0.2, 0.25) is 0 Å². The minimum absolute atomic E-state index is 0.0643. The molecular formula is C17H18F3N5O3S. The van der Waals surface area contributed by atoms with E-state index in [-0.39, 0.29) is 43.8 Å². The molecule has 3 aromatic heterocycles. The summed E-state index contributed by atoms with van der Waals surface area (Å²) in [4.78, 5) is 4.28. The van der Waals surface area contributed by atoms with Crippen LogP contribution in [0.25, 0.3) is 22.6 Å². The number of imidazole rings is 1. The second-order valence-corrected chi connectivity index (χ2v) is 9.33. The Kier molecular flexibility index (Phi) is 4.19. The van der Waals surface area contributed by atoms with Crippen molar-refractivity contribution < 1.29 is 26.3 Å². The number of alkyl halides is 3. The first kappa shape index (κ1) is 19.7. The molecule has 29 heavy (non-hydrogen) atoms. The second-order valence-electron chi connectivity index (χ2n) is 7.11. The number of rotatable bonds is 4. The number of aryl methyl sites for hydroxylation is 2. The molecular weight excluding hydrogens is 411 g/mol. The fourth-order valence-electron chi connectivity index (χ4n) is 3.50. The molecule has 1 fully saturated rings. The number of fused-ring (bicyclic) bond motifs is 1. The van der Waals surface area contributed by atoms with Gasteiger partial charge in [0.15, 0.2) is 15.7 Å². The predicted octanol–water partition coefficient (Wildman–Crippen LogP) is 2.30. The van der Waals surface area contributed by atoms with Crippen molar-refractivity contribution in [2.45, 2.75) is 36.8 Å². The van der Waals surface area contributed by atoms with E-state index in [1.54, 1.807) is 7.05 Å². The predicted molar refractivity (Wildman–Crippen MR) is 96.6 cm³/mol. The number of hydrogen-bond acceptors (Lipinski definition) is 5. The fourth-order valence-corrected chi connectivity index (χ4v) is 4.84. The molecule has 0 radical (unpaired) electrons. The van der Waals surface area contributed by atoms with Gasteiger partial charge in [0.2, 0.25) is 6.20 Å².